The normalized spacial score (nSPS) is 25.6. The highest BCUT2D eigenvalue weighted by Gasteiger charge is 2.33. The van der Waals surface area contributed by atoms with Gasteiger partial charge in [0.25, 0.3) is 0 Å². The van der Waals surface area contributed by atoms with Crippen molar-refractivity contribution in [2.75, 3.05) is 19.8 Å². The lowest BCUT2D eigenvalue weighted by Gasteiger charge is -2.38. The third-order valence-electron chi connectivity index (χ3n) is 4.46. The number of aliphatic carboxylic acids is 1. The van der Waals surface area contributed by atoms with Gasteiger partial charge in [-0.15, -0.1) is 0 Å². The van der Waals surface area contributed by atoms with E-state index < -0.39 is 5.97 Å². The zero-order valence-electron chi connectivity index (χ0n) is 12.2. The highest BCUT2D eigenvalue weighted by Crippen LogP contribution is 2.35. The van der Waals surface area contributed by atoms with Crippen LogP contribution in [0.15, 0.2) is 18.2 Å². The number of rotatable bonds is 3. The number of ether oxygens (including phenoxy) is 2. The fourth-order valence-electron chi connectivity index (χ4n) is 3.24. The van der Waals surface area contributed by atoms with E-state index in [-0.39, 0.29) is 12.0 Å². The van der Waals surface area contributed by atoms with Crippen LogP contribution in [0.3, 0.4) is 0 Å². The number of carboxylic acids is 1. The summed E-state index contributed by atoms with van der Waals surface area (Å²) in [5.74, 6) is 0.629. The number of carbonyl (C=O) groups is 1. The van der Waals surface area contributed by atoms with Crippen molar-refractivity contribution >= 4 is 5.97 Å². The molecule has 1 fully saturated rings. The monoisotopic (exact) mass is 291 g/mol. The van der Waals surface area contributed by atoms with Crippen LogP contribution in [0, 0.1) is 5.92 Å². The Morgan fingerprint density at radius 1 is 1.38 bits per heavy atom. The molecule has 0 unspecified atom stereocenters. The zero-order chi connectivity index (χ0) is 14.8. The van der Waals surface area contributed by atoms with Crippen LogP contribution in [-0.4, -0.2) is 41.8 Å². The smallest absolute Gasteiger partial charge is 0.308 e. The standard InChI is InChI=1S/C16H21NO4/c1-11-13(16(18)19)5-3-7-17(11)10-12-4-2-6-14-15(12)21-9-8-20-14/h2,4,6,11,13H,3,5,7-10H2,1H3,(H,18,19)/t11-,13-/m1/s1. The van der Waals surface area contributed by atoms with Gasteiger partial charge in [-0.05, 0) is 32.4 Å². The largest absolute Gasteiger partial charge is 0.486 e. The molecule has 3 rings (SSSR count). The van der Waals surface area contributed by atoms with Gasteiger partial charge < -0.3 is 14.6 Å². The molecule has 2 heterocycles. The van der Waals surface area contributed by atoms with Crippen LogP contribution in [0.4, 0.5) is 0 Å². The molecule has 0 radical (unpaired) electrons. The fraction of sp³-hybridized carbons (Fsp3) is 0.562. The lowest BCUT2D eigenvalue weighted by molar-refractivity contribution is -0.145. The summed E-state index contributed by atoms with van der Waals surface area (Å²) >= 11 is 0. The van der Waals surface area contributed by atoms with E-state index in [1.165, 1.54) is 0 Å². The zero-order valence-corrected chi connectivity index (χ0v) is 12.2. The number of hydrogen-bond acceptors (Lipinski definition) is 4. The number of fused-ring (bicyclic) bond motifs is 1. The average Bonchev–Trinajstić information content (AvgIpc) is 2.49. The number of hydrogen-bond donors (Lipinski definition) is 1. The Bertz CT molecular complexity index is 531. The first kappa shape index (κ1) is 14.2. The first-order valence-electron chi connectivity index (χ1n) is 7.51. The Labute approximate surface area is 124 Å². The maximum atomic E-state index is 11.3. The topological polar surface area (TPSA) is 59.0 Å². The van der Waals surface area contributed by atoms with Crippen LogP contribution in [-0.2, 0) is 11.3 Å². The predicted octanol–water partition coefficient (Wildman–Crippen LogP) is 2.14. The van der Waals surface area contributed by atoms with Crippen molar-refractivity contribution < 1.29 is 19.4 Å². The van der Waals surface area contributed by atoms with Crippen LogP contribution in [0.25, 0.3) is 0 Å². The number of likely N-dealkylation sites (tertiary alicyclic amines) is 1. The maximum absolute atomic E-state index is 11.3. The molecule has 114 valence electrons. The summed E-state index contributed by atoms with van der Waals surface area (Å²) in [5.41, 5.74) is 1.07. The minimum atomic E-state index is -0.693. The van der Waals surface area contributed by atoms with Crippen molar-refractivity contribution in [3.8, 4) is 11.5 Å². The number of nitrogens with zero attached hydrogens (tertiary/aromatic N) is 1. The van der Waals surface area contributed by atoms with Crippen LogP contribution in [0.2, 0.25) is 0 Å². The summed E-state index contributed by atoms with van der Waals surface area (Å²) in [4.78, 5) is 13.6. The second kappa shape index (κ2) is 5.93. The van der Waals surface area contributed by atoms with Gasteiger partial charge in [-0.1, -0.05) is 12.1 Å². The molecule has 1 aromatic rings. The first-order valence-corrected chi connectivity index (χ1v) is 7.51. The Morgan fingerprint density at radius 3 is 3.00 bits per heavy atom. The van der Waals surface area contributed by atoms with Crippen LogP contribution < -0.4 is 9.47 Å². The third kappa shape index (κ3) is 2.83. The minimum absolute atomic E-state index is 0.0385. The number of para-hydroxylation sites is 1. The van der Waals surface area contributed by atoms with E-state index in [1.807, 2.05) is 25.1 Å². The molecule has 0 saturated carbocycles. The average molecular weight is 291 g/mol. The van der Waals surface area contributed by atoms with Gasteiger partial charge >= 0.3 is 5.97 Å². The summed E-state index contributed by atoms with van der Waals surface area (Å²) in [6, 6.07) is 5.95. The predicted molar refractivity (Wildman–Crippen MR) is 77.7 cm³/mol. The molecule has 2 atom stereocenters. The van der Waals surface area contributed by atoms with Gasteiger partial charge in [0.15, 0.2) is 11.5 Å². The summed E-state index contributed by atoms with van der Waals surface area (Å²) in [6.07, 6.45) is 1.69. The van der Waals surface area contributed by atoms with E-state index in [2.05, 4.69) is 4.90 Å². The molecule has 0 spiro atoms. The molecule has 5 nitrogen and oxygen atoms in total. The lowest BCUT2D eigenvalue weighted by Crippen LogP contribution is -2.45. The van der Waals surface area contributed by atoms with Gasteiger partial charge in [-0.3, -0.25) is 9.69 Å². The van der Waals surface area contributed by atoms with Gasteiger partial charge in [-0.25, -0.2) is 0 Å². The van der Waals surface area contributed by atoms with Gasteiger partial charge in [0.2, 0.25) is 0 Å². The van der Waals surface area contributed by atoms with Crippen molar-refractivity contribution in [3.63, 3.8) is 0 Å². The van der Waals surface area contributed by atoms with Crippen molar-refractivity contribution in [2.24, 2.45) is 5.92 Å². The van der Waals surface area contributed by atoms with Crippen LogP contribution >= 0.6 is 0 Å². The Morgan fingerprint density at radius 2 is 2.19 bits per heavy atom. The van der Waals surface area contributed by atoms with Gasteiger partial charge in [0, 0.05) is 18.2 Å². The van der Waals surface area contributed by atoms with Crippen molar-refractivity contribution in [1.82, 2.24) is 4.90 Å². The minimum Gasteiger partial charge on any atom is -0.486 e. The lowest BCUT2D eigenvalue weighted by atomic mass is 9.90. The second-order valence-electron chi connectivity index (χ2n) is 5.74. The molecular weight excluding hydrogens is 270 g/mol. The molecule has 5 heteroatoms. The number of carboxylic acid groups (broad SMARTS) is 1. The molecule has 1 aromatic carbocycles. The molecule has 2 aliphatic heterocycles. The summed E-state index contributed by atoms with van der Waals surface area (Å²) < 4.78 is 11.3. The molecule has 0 bridgehead atoms. The SMILES string of the molecule is C[C@@H]1[C@H](C(=O)O)CCCN1Cc1cccc2c1OCCO2. The van der Waals surface area contributed by atoms with E-state index in [4.69, 9.17) is 9.47 Å². The Kier molecular flexibility index (Phi) is 4.01. The molecule has 2 aliphatic rings. The van der Waals surface area contributed by atoms with E-state index in [0.29, 0.717) is 19.8 Å². The van der Waals surface area contributed by atoms with E-state index in [0.717, 1.165) is 36.4 Å². The maximum Gasteiger partial charge on any atom is 0.308 e. The van der Waals surface area contributed by atoms with E-state index in [9.17, 15) is 9.90 Å². The van der Waals surface area contributed by atoms with Gasteiger partial charge in [0.1, 0.15) is 13.2 Å². The molecule has 21 heavy (non-hydrogen) atoms. The molecule has 0 amide bonds. The summed E-state index contributed by atoms with van der Waals surface area (Å²) in [5, 5.41) is 9.31. The fourth-order valence-corrected chi connectivity index (χ4v) is 3.24. The van der Waals surface area contributed by atoms with Crippen molar-refractivity contribution in [2.45, 2.75) is 32.4 Å². The Hall–Kier alpha value is -1.75. The van der Waals surface area contributed by atoms with Crippen molar-refractivity contribution in [1.29, 1.82) is 0 Å². The quantitative estimate of drug-likeness (QED) is 0.924. The van der Waals surface area contributed by atoms with E-state index >= 15 is 0 Å². The van der Waals surface area contributed by atoms with Crippen LogP contribution in [0.5, 0.6) is 11.5 Å². The van der Waals surface area contributed by atoms with Crippen molar-refractivity contribution in [3.05, 3.63) is 23.8 Å². The number of piperidine rings is 1. The first-order chi connectivity index (χ1) is 10.2. The summed E-state index contributed by atoms with van der Waals surface area (Å²) in [7, 11) is 0. The number of benzene rings is 1. The third-order valence-corrected chi connectivity index (χ3v) is 4.46. The second-order valence-corrected chi connectivity index (χ2v) is 5.74. The van der Waals surface area contributed by atoms with Gasteiger partial charge in [0.05, 0.1) is 5.92 Å². The molecular formula is C16H21NO4. The Balaban J connectivity index is 1.78. The molecule has 1 N–H and O–H groups in total. The van der Waals surface area contributed by atoms with Crippen LogP contribution in [0.1, 0.15) is 25.3 Å². The molecule has 0 aromatic heterocycles. The summed E-state index contributed by atoms with van der Waals surface area (Å²) in [6.45, 7) is 4.78. The molecule has 1 saturated heterocycles. The highest BCUT2D eigenvalue weighted by molar-refractivity contribution is 5.71. The van der Waals surface area contributed by atoms with E-state index in [1.54, 1.807) is 0 Å². The molecule has 0 aliphatic carbocycles. The highest BCUT2D eigenvalue weighted by atomic mass is 16.6. The van der Waals surface area contributed by atoms with Gasteiger partial charge in [-0.2, -0.15) is 0 Å².